The molecular weight excluding hydrogens is 448 g/mol. The maximum Gasteiger partial charge on any atom is 0.265 e. The maximum absolute atomic E-state index is 13.4. The molecule has 0 aromatic heterocycles. The highest BCUT2D eigenvalue weighted by atomic mass is 35.5. The van der Waals surface area contributed by atoms with Crippen molar-refractivity contribution < 1.29 is 17.9 Å². The second-order valence-corrected chi connectivity index (χ2v) is 9.61. The van der Waals surface area contributed by atoms with Crippen LogP contribution in [0.2, 0.25) is 5.02 Å². The first-order chi connectivity index (χ1) is 15.4. The van der Waals surface area contributed by atoms with Gasteiger partial charge in [0.1, 0.15) is 10.6 Å². The number of hydrogen-bond acceptors (Lipinski definition) is 4. The third-order valence-electron chi connectivity index (χ3n) is 5.37. The Morgan fingerprint density at radius 1 is 1.09 bits per heavy atom. The number of carbonyl (C=O) groups is 1. The van der Waals surface area contributed by atoms with E-state index >= 15 is 0 Å². The van der Waals surface area contributed by atoms with Gasteiger partial charge in [-0.3, -0.25) is 9.10 Å². The summed E-state index contributed by atoms with van der Waals surface area (Å²) >= 11 is 6.29. The molecule has 0 spiro atoms. The fourth-order valence-electron chi connectivity index (χ4n) is 3.83. The third kappa shape index (κ3) is 4.31. The van der Waals surface area contributed by atoms with Gasteiger partial charge in [0.15, 0.2) is 0 Å². The summed E-state index contributed by atoms with van der Waals surface area (Å²) in [4.78, 5) is 13.0. The van der Waals surface area contributed by atoms with E-state index in [-0.39, 0.29) is 28.3 Å². The van der Waals surface area contributed by atoms with Gasteiger partial charge >= 0.3 is 0 Å². The Morgan fingerprint density at radius 2 is 1.81 bits per heavy atom. The van der Waals surface area contributed by atoms with Crippen LogP contribution in [0.4, 0.5) is 11.4 Å². The Bertz CT molecular complexity index is 1230. The van der Waals surface area contributed by atoms with E-state index < -0.39 is 10.0 Å². The number of amides is 1. The van der Waals surface area contributed by atoms with E-state index in [9.17, 15) is 13.2 Å². The number of para-hydroxylation sites is 2. The number of carbonyl (C=O) groups excluding carboxylic acids is 1. The molecule has 1 atom stereocenters. The lowest BCUT2D eigenvalue weighted by atomic mass is 9.92. The summed E-state index contributed by atoms with van der Waals surface area (Å²) in [7, 11) is -3.94. The zero-order valence-corrected chi connectivity index (χ0v) is 19.1. The van der Waals surface area contributed by atoms with Crippen molar-refractivity contribution in [3.05, 3.63) is 83.4 Å². The lowest BCUT2D eigenvalue weighted by Gasteiger charge is -2.25. The molecule has 0 bridgehead atoms. The van der Waals surface area contributed by atoms with E-state index in [2.05, 4.69) is 5.32 Å². The van der Waals surface area contributed by atoms with Crippen molar-refractivity contribution in [2.24, 2.45) is 0 Å². The number of ether oxygens (including phenoxy) is 1. The maximum atomic E-state index is 13.4. The molecule has 1 heterocycles. The van der Waals surface area contributed by atoms with E-state index in [1.54, 1.807) is 37.3 Å². The molecule has 4 rings (SSSR count). The zero-order valence-electron chi connectivity index (χ0n) is 17.5. The van der Waals surface area contributed by atoms with Gasteiger partial charge in [0.05, 0.1) is 23.2 Å². The van der Waals surface area contributed by atoms with Crippen molar-refractivity contribution in [1.82, 2.24) is 0 Å². The topological polar surface area (TPSA) is 75.7 Å². The highest BCUT2D eigenvalue weighted by Crippen LogP contribution is 2.35. The van der Waals surface area contributed by atoms with Crippen LogP contribution in [0.15, 0.2) is 77.7 Å². The Kier molecular flexibility index (Phi) is 6.39. The summed E-state index contributed by atoms with van der Waals surface area (Å²) < 4.78 is 33.7. The highest BCUT2D eigenvalue weighted by molar-refractivity contribution is 7.93. The van der Waals surface area contributed by atoms with Gasteiger partial charge in [-0.2, -0.15) is 0 Å². The van der Waals surface area contributed by atoms with Crippen LogP contribution in [0.25, 0.3) is 0 Å². The van der Waals surface area contributed by atoms with Gasteiger partial charge in [-0.25, -0.2) is 8.42 Å². The van der Waals surface area contributed by atoms with Crippen molar-refractivity contribution in [1.29, 1.82) is 0 Å². The quantitative estimate of drug-likeness (QED) is 0.546. The van der Waals surface area contributed by atoms with Crippen molar-refractivity contribution in [3.8, 4) is 5.75 Å². The minimum atomic E-state index is -3.94. The van der Waals surface area contributed by atoms with Crippen LogP contribution in [0.1, 0.15) is 24.8 Å². The van der Waals surface area contributed by atoms with Crippen LogP contribution in [0, 0.1) is 0 Å². The van der Waals surface area contributed by atoms with Crippen LogP contribution in [0.3, 0.4) is 0 Å². The Morgan fingerprint density at radius 3 is 2.56 bits per heavy atom. The summed E-state index contributed by atoms with van der Waals surface area (Å²) in [6, 6.07) is 20.8. The first-order valence-electron chi connectivity index (χ1n) is 10.3. The van der Waals surface area contributed by atoms with Crippen LogP contribution in [0.5, 0.6) is 5.75 Å². The Hall–Kier alpha value is -3.03. The minimum absolute atomic E-state index is 0.0601. The van der Waals surface area contributed by atoms with Gasteiger partial charge in [0.2, 0.25) is 5.91 Å². The molecule has 1 aliphatic rings. The van der Waals surface area contributed by atoms with Crippen molar-refractivity contribution in [3.63, 3.8) is 0 Å². The monoisotopic (exact) mass is 470 g/mol. The molecule has 1 amide bonds. The minimum Gasteiger partial charge on any atom is -0.493 e. The van der Waals surface area contributed by atoms with Gasteiger partial charge in [0.25, 0.3) is 10.0 Å². The molecule has 32 heavy (non-hydrogen) atoms. The first-order valence-corrected chi connectivity index (χ1v) is 12.1. The molecule has 3 aromatic carbocycles. The number of rotatable bonds is 6. The number of halogens is 1. The highest BCUT2D eigenvalue weighted by Gasteiger charge is 2.29. The summed E-state index contributed by atoms with van der Waals surface area (Å²) in [5.74, 6) is 0.0914. The van der Waals surface area contributed by atoms with Gasteiger partial charge in [0, 0.05) is 17.8 Å². The first kappa shape index (κ1) is 22.2. The number of anilines is 2. The summed E-state index contributed by atoms with van der Waals surface area (Å²) in [6.45, 7) is 2.43. The summed E-state index contributed by atoms with van der Waals surface area (Å²) in [5, 5.41) is 2.94. The number of nitrogens with one attached hydrogen (secondary N) is 1. The molecule has 0 radical (unpaired) electrons. The smallest absolute Gasteiger partial charge is 0.265 e. The van der Waals surface area contributed by atoms with Gasteiger partial charge in [-0.15, -0.1) is 0 Å². The molecule has 3 aromatic rings. The number of sulfonamides is 1. The second-order valence-electron chi connectivity index (χ2n) is 7.37. The largest absolute Gasteiger partial charge is 0.493 e. The Labute approximate surface area is 192 Å². The lowest BCUT2D eigenvalue weighted by molar-refractivity contribution is -0.118. The predicted octanol–water partition coefficient (Wildman–Crippen LogP) is 5.06. The standard InChI is InChI=1S/C24H23ClN2O4S/c1-2-27(18-8-4-3-5-9-18)32(29,30)23-16-17(12-13-21(23)25)26-24(28)20-14-15-31-22-11-7-6-10-19(20)22/h3-13,16,20H,2,14-15H2,1H3,(H,26,28). The fourth-order valence-corrected chi connectivity index (χ4v) is 5.80. The molecule has 166 valence electrons. The third-order valence-corrected chi connectivity index (χ3v) is 7.76. The molecule has 6 nitrogen and oxygen atoms in total. The number of fused-ring (bicyclic) bond motifs is 1. The predicted molar refractivity (Wildman–Crippen MR) is 126 cm³/mol. The van der Waals surface area contributed by atoms with Crippen LogP contribution in [-0.2, 0) is 14.8 Å². The molecule has 0 saturated carbocycles. The summed E-state index contributed by atoms with van der Waals surface area (Å²) in [5.41, 5.74) is 1.73. The lowest BCUT2D eigenvalue weighted by Crippen LogP contribution is -2.31. The normalized spacial score (nSPS) is 15.4. The molecule has 8 heteroatoms. The molecular formula is C24H23ClN2O4S. The van der Waals surface area contributed by atoms with E-state index in [0.717, 1.165) is 5.56 Å². The van der Waals surface area contributed by atoms with Crippen LogP contribution in [-0.4, -0.2) is 27.5 Å². The second kappa shape index (κ2) is 9.22. The van der Waals surface area contributed by atoms with E-state index in [0.29, 0.717) is 30.2 Å². The van der Waals surface area contributed by atoms with E-state index in [1.165, 1.54) is 16.4 Å². The van der Waals surface area contributed by atoms with E-state index in [1.807, 2.05) is 30.3 Å². The molecule has 1 aliphatic heterocycles. The molecule has 0 fully saturated rings. The summed E-state index contributed by atoms with van der Waals surface area (Å²) in [6.07, 6.45) is 0.541. The van der Waals surface area contributed by atoms with Crippen molar-refractivity contribution in [2.75, 3.05) is 22.8 Å². The molecule has 1 unspecified atom stereocenters. The van der Waals surface area contributed by atoms with Crippen LogP contribution >= 0.6 is 11.6 Å². The van der Waals surface area contributed by atoms with Gasteiger partial charge in [-0.1, -0.05) is 48.0 Å². The Balaban J connectivity index is 1.63. The van der Waals surface area contributed by atoms with Crippen LogP contribution < -0.4 is 14.4 Å². The SMILES string of the molecule is CCN(c1ccccc1)S(=O)(=O)c1cc(NC(=O)C2CCOc3ccccc32)ccc1Cl. The number of nitrogens with zero attached hydrogens (tertiary/aromatic N) is 1. The van der Waals surface area contributed by atoms with Crippen molar-refractivity contribution >= 4 is 38.9 Å². The van der Waals surface area contributed by atoms with Gasteiger partial charge in [-0.05, 0) is 49.7 Å². The molecule has 1 N–H and O–H groups in total. The fraction of sp³-hybridized carbons (Fsp3) is 0.208. The number of benzene rings is 3. The number of hydrogen-bond donors (Lipinski definition) is 1. The zero-order chi connectivity index (χ0) is 22.7. The van der Waals surface area contributed by atoms with Crippen molar-refractivity contribution in [2.45, 2.75) is 24.2 Å². The van der Waals surface area contributed by atoms with E-state index in [4.69, 9.17) is 16.3 Å². The molecule has 0 aliphatic carbocycles. The average molecular weight is 471 g/mol. The molecule has 0 saturated heterocycles. The average Bonchev–Trinajstić information content (AvgIpc) is 2.80. The van der Waals surface area contributed by atoms with Gasteiger partial charge < -0.3 is 10.1 Å².